The van der Waals surface area contributed by atoms with Crippen molar-refractivity contribution in [3.8, 4) is 22.3 Å². The third kappa shape index (κ3) is 18.2. The minimum atomic E-state index is -0.943. The maximum absolute atomic E-state index is 14.2. The average Bonchev–Trinajstić information content (AvgIpc) is 1.31. The first-order valence-corrected chi connectivity index (χ1v) is 30.6. The minimum Gasteiger partial charge on any atom is -0.460 e. The molecular weight excluding hydrogens is 1110 g/mol. The van der Waals surface area contributed by atoms with Crippen LogP contribution in [0.4, 0.5) is 8.78 Å². The number of amides is 1. The van der Waals surface area contributed by atoms with Gasteiger partial charge in [-0.2, -0.15) is 0 Å². The first-order valence-electron chi connectivity index (χ1n) is 30.6. The lowest BCUT2D eigenvalue weighted by molar-refractivity contribution is -0.291. The largest absolute Gasteiger partial charge is 0.460 e. The molecule has 0 saturated carbocycles. The van der Waals surface area contributed by atoms with Gasteiger partial charge in [0.25, 0.3) is 5.91 Å². The van der Waals surface area contributed by atoms with Gasteiger partial charge in [-0.15, -0.1) is 0 Å². The second-order valence-corrected chi connectivity index (χ2v) is 28.3. The first-order chi connectivity index (χ1) is 40.3. The SMILES string of the molecule is CC(=O)OCC(=O)N1Cc2c(nc(C(C)C)c(/C=C/[C@@H]3C[C@H](CC(=O)OC(C)(C)C)OC(C)(C)O3)c2-c2ccc(F)cc2)C(C)(C)C1.CC(C)c1nc2c(c(-c3ccc(F)cc3)c1/C=C/[C@@H]1C[C@H](CC(=O)OC(C)(C)C)OC(C)(C)O1)CNCC2(C)C. The Labute approximate surface area is 514 Å². The number of esters is 3. The molecule has 0 spiro atoms. The normalized spacial score (nSPS) is 21.4. The van der Waals surface area contributed by atoms with Gasteiger partial charge in [-0.3, -0.25) is 29.1 Å². The van der Waals surface area contributed by atoms with Crippen LogP contribution in [-0.4, -0.2) is 106 Å². The van der Waals surface area contributed by atoms with Crippen molar-refractivity contribution < 1.29 is 61.1 Å². The lowest BCUT2D eigenvalue weighted by Crippen LogP contribution is -2.47. The smallest absolute Gasteiger partial charge is 0.308 e. The van der Waals surface area contributed by atoms with Crippen LogP contribution in [0.15, 0.2) is 60.7 Å². The van der Waals surface area contributed by atoms with E-state index >= 15 is 0 Å². The van der Waals surface area contributed by atoms with Crippen molar-refractivity contribution in [3.63, 3.8) is 0 Å². The van der Waals surface area contributed by atoms with E-state index in [1.807, 2.05) is 107 Å². The molecule has 0 bridgehead atoms. The number of rotatable bonds is 14. The molecule has 1 N–H and O–H groups in total. The van der Waals surface area contributed by atoms with E-state index in [0.29, 0.717) is 25.9 Å². The van der Waals surface area contributed by atoms with Crippen LogP contribution in [0.25, 0.3) is 34.4 Å². The Bertz CT molecular complexity index is 3210. The topological polar surface area (TPSA) is 174 Å². The van der Waals surface area contributed by atoms with Crippen LogP contribution < -0.4 is 5.32 Å². The van der Waals surface area contributed by atoms with E-state index in [4.69, 9.17) is 43.1 Å². The Morgan fingerprint density at radius 1 is 0.644 bits per heavy atom. The highest BCUT2D eigenvalue weighted by Crippen LogP contribution is 2.45. The van der Waals surface area contributed by atoms with E-state index < -0.39 is 40.3 Å². The van der Waals surface area contributed by atoms with Crippen LogP contribution in [0.1, 0.15) is 214 Å². The molecule has 2 fully saturated rings. The van der Waals surface area contributed by atoms with Crippen molar-refractivity contribution in [2.75, 3.05) is 19.7 Å². The summed E-state index contributed by atoms with van der Waals surface area (Å²) in [6, 6.07) is 13.0. The summed E-state index contributed by atoms with van der Waals surface area (Å²) in [5.41, 5.74) is 9.51. The number of hydrogen-bond donors (Lipinski definition) is 1. The molecule has 2 saturated heterocycles. The Morgan fingerprint density at radius 3 is 1.46 bits per heavy atom. The molecule has 474 valence electrons. The Kier molecular flexibility index (Phi) is 21.1. The van der Waals surface area contributed by atoms with Gasteiger partial charge in [0.1, 0.15) is 22.8 Å². The summed E-state index contributed by atoms with van der Waals surface area (Å²) < 4.78 is 69.0. The Hall–Kier alpha value is -6.24. The molecule has 4 aliphatic heterocycles. The highest BCUT2D eigenvalue weighted by molar-refractivity contribution is 5.85. The first kappa shape index (κ1) is 68.3. The van der Waals surface area contributed by atoms with E-state index in [1.165, 1.54) is 31.2 Å². The van der Waals surface area contributed by atoms with Gasteiger partial charge in [-0.1, -0.05) is 104 Å². The molecule has 0 radical (unpaired) electrons. The fourth-order valence-electron chi connectivity index (χ4n) is 12.0. The molecule has 4 aliphatic rings. The molecule has 17 heteroatoms. The lowest BCUT2D eigenvalue weighted by Gasteiger charge is -2.41. The van der Waals surface area contributed by atoms with Gasteiger partial charge in [0.15, 0.2) is 18.2 Å². The molecular formula is C70H94F2N4O11. The molecule has 15 nitrogen and oxygen atoms in total. The number of hydrogen-bond acceptors (Lipinski definition) is 14. The van der Waals surface area contributed by atoms with Crippen molar-refractivity contribution in [1.82, 2.24) is 20.2 Å². The van der Waals surface area contributed by atoms with Crippen LogP contribution >= 0.6 is 0 Å². The average molecular weight is 1210 g/mol. The second-order valence-electron chi connectivity index (χ2n) is 28.3. The quantitative estimate of drug-likeness (QED) is 0.0933. The maximum atomic E-state index is 14.2. The zero-order valence-corrected chi connectivity index (χ0v) is 54.8. The summed E-state index contributed by atoms with van der Waals surface area (Å²) >= 11 is 0. The number of halogens is 2. The molecule has 2 aromatic heterocycles. The number of aromatic nitrogens is 2. The fourth-order valence-corrected chi connectivity index (χ4v) is 12.0. The van der Waals surface area contributed by atoms with E-state index in [2.05, 4.69) is 59.0 Å². The van der Waals surface area contributed by atoms with Gasteiger partial charge in [0, 0.05) is 73.5 Å². The molecule has 0 aliphatic carbocycles. The summed E-state index contributed by atoms with van der Waals surface area (Å²) in [6.45, 7) is 38.5. The van der Waals surface area contributed by atoms with Gasteiger partial charge < -0.3 is 43.4 Å². The number of carbonyl (C=O) groups excluding carboxylic acids is 4. The van der Waals surface area contributed by atoms with E-state index in [0.717, 1.165) is 73.8 Å². The Morgan fingerprint density at radius 2 is 1.06 bits per heavy atom. The molecule has 2 aromatic carbocycles. The van der Waals surface area contributed by atoms with E-state index in [1.54, 1.807) is 17.0 Å². The summed E-state index contributed by atoms with van der Waals surface area (Å²) in [5.74, 6) is -3.67. The van der Waals surface area contributed by atoms with Gasteiger partial charge in [-0.05, 0) is 133 Å². The molecule has 6 heterocycles. The van der Waals surface area contributed by atoms with Gasteiger partial charge in [0.2, 0.25) is 0 Å². The van der Waals surface area contributed by atoms with Crippen molar-refractivity contribution in [2.45, 2.75) is 240 Å². The fraction of sp³-hybridized carbons (Fsp3) is 0.571. The van der Waals surface area contributed by atoms with Gasteiger partial charge in [0.05, 0.1) is 60.0 Å². The number of nitrogens with zero attached hydrogens (tertiary/aromatic N) is 3. The van der Waals surface area contributed by atoms with Crippen molar-refractivity contribution >= 4 is 36.0 Å². The van der Waals surface area contributed by atoms with Gasteiger partial charge in [-0.25, -0.2) is 8.78 Å². The van der Waals surface area contributed by atoms with Crippen LogP contribution in [0.3, 0.4) is 0 Å². The standard InChI is InChI=1S/C37H49FN2O7.C33H45FN2O4/c1-22(2)33-28(16-15-26-17-27(46-37(9,10)45-26)18-31(43)47-35(4,5)6)32(24-11-13-25(38)14-12-24)29-19-40(30(42)20-44-23(3)41)21-36(7,8)34(29)39-33;1-20(2)29-25(15-14-23-16-24(39-33(8,9)38-23)17-27(37)40-31(3,4)5)28(21-10-12-22(34)13-11-21)26-18-35-19-32(6,7)30(26)36-29/h11-16,22,26-27H,17-21H2,1-10H3;10-15,20,23-24,35H,16-19H2,1-9H3/b16-15+;15-14+/t26-,27-;23-,24-/m11/s1. The molecule has 87 heavy (non-hydrogen) atoms. The van der Waals surface area contributed by atoms with Crippen LogP contribution in [0.2, 0.25) is 0 Å². The lowest BCUT2D eigenvalue weighted by atomic mass is 9.77. The van der Waals surface area contributed by atoms with Crippen LogP contribution in [-0.2, 0) is 76.3 Å². The third-order valence-corrected chi connectivity index (χ3v) is 15.3. The van der Waals surface area contributed by atoms with E-state index in [-0.39, 0.29) is 91.0 Å². The molecule has 0 unspecified atom stereocenters. The monoisotopic (exact) mass is 1200 g/mol. The number of carbonyl (C=O) groups is 4. The predicted octanol–water partition coefficient (Wildman–Crippen LogP) is 13.9. The zero-order valence-electron chi connectivity index (χ0n) is 54.8. The third-order valence-electron chi connectivity index (χ3n) is 15.3. The van der Waals surface area contributed by atoms with Crippen LogP contribution in [0.5, 0.6) is 0 Å². The number of ether oxygens (including phenoxy) is 7. The predicted molar refractivity (Wildman–Crippen MR) is 333 cm³/mol. The molecule has 4 atom stereocenters. The molecule has 1 amide bonds. The highest BCUT2D eigenvalue weighted by Gasteiger charge is 2.41. The zero-order chi connectivity index (χ0) is 64.4. The van der Waals surface area contributed by atoms with E-state index in [9.17, 15) is 28.0 Å². The van der Waals surface area contributed by atoms with Crippen molar-refractivity contribution in [1.29, 1.82) is 0 Å². The van der Waals surface area contributed by atoms with Crippen molar-refractivity contribution in [2.24, 2.45) is 0 Å². The van der Waals surface area contributed by atoms with Crippen molar-refractivity contribution in [3.05, 3.63) is 117 Å². The summed E-state index contributed by atoms with van der Waals surface area (Å²) in [5, 5.41) is 3.56. The van der Waals surface area contributed by atoms with Crippen LogP contribution in [0, 0.1) is 11.6 Å². The highest BCUT2D eigenvalue weighted by atomic mass is 19.1. The van der Waals surface area contributed by atoms with Gasteiger partial charge >= 0.3 is 17.9 Å². The molecule has 4 aromatic rings. The number of nitrogens with one attached hydrogen (secondary N) is 1. The Balaban J connectivity index is 0.000000252. The summed E-state index contributed by atoms with van der Waals surface area (Å²) in [4.78, 5) is 62.1. The minimum absolute atomic E-state index is 0.0329. The number of pyridine rings is 2. The summed E-state index contributed by atoms with van der Waals surface area (Å²) in [7, 11) is 0. The summed E-state index contributed by atoms with van der Waals surface area (Å²) in [6.07, 6.45) is 7.91. The molecule has 8 rings (SSSR count). The maximum Gasteiger partial charge on any atom is 0.308 e. The number of fused-ring (bicyclic) bond motifs is 2. The second kappa shape index (κ2) is 26.8. The number of benzene rings is 2.